The average Bonchev–Trinajstić information content (AvgIpc) is 3.70. The van der Waals surface area contributed by atoms with Gasteiger partial charge < -0.3 is 14.0 Å². The molecule has 6 radical (unpaired) electrons. The predicted octanol–water partition coefficient (Wildman–Crippen LogP) is 3.30. The number of halogens is 3. The van der Waals surface area contributed by atoms with Crippen LogP contribution in [0.15, 0.2) is 49.2 Å². The van der Waals surface area contributed by atoms with E-state index in [1.807, 2.05) is 0 Å². The van der Waals surface area contributed by atoms with Crippen LogP contribution in [0.4, 0.5) is 13.2 Å². The predicted molar refractivity (Wildman–Crippen MR) is 147 cm³/mol. The minimum absolute atomic E-state index is 0.0445. The summed E-state index contributed by atoms with van der Waals surface area (Å²) in [6.45, 7) is -0.0445. The molecule has 6 rings (SSSR count). The zero-order valence-corrected chi connectivity index (χ0v) is 22.1. The molecule has 5 heterocycles. The third-order valence-corrected chi connectivity index (χ3v) is 6.50. The van der Waals surface area contributed by atoms with Crippen LogP contribution in [0.1, 0.15) is 35.8 Å². The highest BCUT2D eigenvalue weighted by atomic mass is 19.4. The van der Waals surface area contributed by atoms with Gasteiger partial charge in [-0.3, -0.25) is 4.98 Å². The van der Waals surface area contributed by atoms with Gasteiger partial charge in [0.15, 0.2) is 17.0 Å². The smallest absolute Gasteiger partial charge is 0.434 e. The summed E-state index contributed by atoms with van der Waals surface area (Å²) in [4.78, 5) is 30.4. The van der Waals surface area contributed by atoms with Crippen molar-refractivity contribution >= 4 is 34.6 Å². The van der Waals surface area contributed by atoms with E-state index in [0.29, 0.717) is 40.2 Å². The molecule has 16 heteroatoms. The van der Waals surface area contributed by atoms with Crippen molar-refractivity contribution in [2.24, 2.45) is 0 Å². The van der Waals surface area contributed by atoms with Gasteiger partial charge in [-0.15, -0.1) is 0 Å². The third-order valence-electron chi connectivity index (χ3n) is 6.50. The minimum atomic E-state index is -4.73. The first-order chi connectivity index (χ1) is 20.0. The van der Waals surface area contributed by atoms with Crippen molar-refractivity contribution in [3.8, 4) is 34.5 Å². The molecule has 0 aromatic carbocycles. The monoisotopic (exact) mass is 564 g/mol. The van der Waals surface area contributed by atoms with Crippen LogP contribution in [-0.2, 0) is 18.0 Å². The summed E-state index contributed by atoms with van der Waals surface area (Å²) < 4.78 is 52.3. The number of hydrogen-bond acceptors (Lipinski definition) is 9. The lowest BCUT2D eigenvalue weighted by atomic mass is 9.49. The second-order valence-corrected chi connectivity index (χ2v) is 9.67. The largest absolute Gasteiger partial charge is 0.480 e. The van der Waals surface area contributed by atoms with E-state index in [1.165, 1.54) is 25.7 Å². The molecule has 0 N–H and O–H groups in total. The van der Waals surface area contributed by atoms with Gasteiger partial charge in [-0.1, -0.05) is 5.24 Å². The van der Waals surface area contributed by atoms with Crippen LogP contribution in [0, 0.1) is 0 Å². The first kappa shape index (κ1) is 27.7. The van der Waals surface area contributed by atoms with Crippen molar-refractivity contribution in [1.29, 1.82) is 0 Å². The SMILES string of the molecule is [B]C([B])([B])n1cc(C(F)(F)F)nc1-c1ccc(COc2nc(-c3c(OC)ncnc3C3CC3)nc3cccnc23)nc1. The zero-order chi connectivity index (χ0) is 29.6. The Balaban J connectivity index is 1.31. The molecule has 5 aromatic heterocycles. The fourth-order valence-electron chi connectivity index (χ4n) is 4.37. The number of nitrogens with zero attached hydrogens (tertiary/aromatic N) is 8. The summed E-state index contributed by atoms with van der Waals surface area (Å²) in [6.07, 6.45) is 2.28. The van der Waals surface area contributed by atoms with E-state index < -0.39 is 17.1 Å². The summed E-state index contributed by atoms with van der Waals surface area (Å²) in [7, 11) is 18.5. The molecule has 0 saturated heterocycles. The maximum absolute atomic E-state index is 13.3. The van der Waals surface area contributed by atoms with Gasteiger partial charge in [-0.05, 0) is 37.1 Å². The van der Waals surface area contributed by atoms with E-state index >= 15 is 0 Å². The number of methoxy groups -OCH3 is 1. The fourth-order valence-corrected chi connectivity index (χ4v) is 4.37. The highest BCUT2D eigenvalue weighted by Gasteiger charge is 2.36. The lowest BCUT2D eigenvalue weighted by molar-refractivity contribution is -0.140. The number of ether oxygens (including phenoxy) is 2. The van der Waals surface area contributed by atoms with Crippen LogP contribution < -0.4 is 9.47 Å². The molecule has 5 aromatic rings. The van der Waals surface area contributed by atoms with E-state index in [4.69, 9.17) is 33.0 Å². The third kappa shape index (κ3) is 5.40. The molecule has 1 saturated carbocycles. The second kappa shape index (κ2) is 10.4. The Hall–Kier alpha value is -4.49. The van der Waals surface area contributed by atoms with Crippen molar-refractivity contribution in [3.05, 3.63) is 66.3 Å². The lowest BCUT2D eigenvalue weighted by Gasteiger charge is -2.25. The molecule has 10 nitrogen and oxygen atoms in total. The maximum Gasteiger partial charge on any atom is 0.434 e. The summed E-state index contributed by atoms with van der Waals surface area (Å²) in [5, 5.41) is -2.13. The van der Waals surface area contributed by atoms with E-state index in [2.05, 4.69) is 34.9 Å². The van der Waals surface area contributed by atoms with Crippen molar-refractivity contribution in [2.45, 2.75) is 36.8 Å². The summed E-state index contributed by atoms with van der Waals surface area (Å²) >= 11 is 0. The number of fused-ring (bicyclic) bond motifs is 1. The molecule has 1 aliphatic carbocycles. The Morgan fingerprint density at radius 1 is 0.976 bits per heavy atom. The number of alkyl halides is 3. The topological polar surface area (TPSA) is 114 Å². The minimum Gasteiger partial charge on any atom is -0.480 e. The lowest BCUT2D eigenvalue weighted by Crippen LogP contribution is -2.35. The number of aromatic nitrogens is 8. The molecule has 204 valence electrons. The Bertz CT molecular complexity index is 1770. The van der Waals surface area contributed by atoms with E-state index in [9.17, 15) is 13.2 Å². The molecule has 42 heavy (non-hydrogen) atoms. The molecule has 0 aliphatic heterocycles. The first-order valence-electron chi connectivity index (χ1n) is 12.7. The van der Waals surface area contributed by atoms with Gasteiger partial charge in [0.05, 0.1) is 47.6 Å². The van der Waals surface area contributed by atoms with Crippen LogP contribution in [0.25, 0.3) is 33.8 Å². The summed E-state index contributed by atoms with van der Waals surface area (Å²) in [5.41, 5.74) is 1.81. The van der Waals surface area contributed by atoms with Gasteiger partial charge in [0, 0.05) is 30.1 Å². The van der Waals surface area contributed by atoms with E-state index in [0.717, 1.165) is 23.1 Å². The van der Waals surface area contributed by atoms with Crippen LogP contribution in [0.2, 0.25) is 0 Å². The standard InChI is InChI=1S/C26H18B3F3N8O2/c1-41-23-18(19(13-4-5-13)35-12-36-23)21-37-16-3-2-8-33-20(16)24(39-21)42-11-15-7-6-14(9-34-15)22-38-17(25(30,31)32)10-40(22)26(27,28)29/h2-3,6-10,12-13H,4-5,11H2,1H3. The maximum atomic E-state index is 13.3. The Morgan fingerprint density at radius 2 is 1.79 bits per heavy atom. The van der Waals surface area contributed by atoms with Gasteiger partial charge in [0.1, 0.15) is 24.3 Å². The van der Waals surface area contributed by atoms with Crippen LogP contribution >= 0.6 is 0 Å². The van der Waals surface area contributed by atoms with Gasteiger partial charge >= 0.3 is 6.18 Å². The normalized spacial score (nSPS) is 13.8. The number of rotatable bonds is 8. The molecule has 0 spiro atoms. The second-order valence-electron chi connectivity index (χ2n) is 9.67. The van der Waals surface area contributed by atoms with Crippen LogP contribution in [0.3, 0.4) is 0 Å². The highest BCUT2D eigenvalue weighted by molar-refractivity contribution is 6.56. The van der Waals surface area contributed by atoms with E-state index in [-0.39, 0.29) is 29.8 Å². The molecular weight excluding hydrogens is 546 g/mol. The molecular formula is C26H18B3F3N8O2. The molecule has 0 unspecified atom stereocenters. The van der Waals surface area contributed by atoms with Gasteiger partial charge in [0.25, 0.3) is 0 Å². The summed E-state index contributed by atoms with van der Waals surface area (Å²) in [6, 6.07) is 6.59. The highest BCUT2D eigenvalue weighted by Crippen LogP contribution is 2.45. The summed E-state index contributed by atoms with van der Waals surface area (Å²) in [5.74, 6) is 0.939. The number of pyridine rings is 2. The quantitative estimate of drug-likeness (QED) is 0.262. The Labute approximate surface area is 241 Å². The van der Waals surface area contributed by atoms with Gasteiger partial charge in [-0.25, -0.2) is 24.9 Å². The number of hydrogen-bond donors (Lipinski definition) is 0. The van der Waals surface area contributed by atoms with Gasteiger partial charge in [-0.2, -0.15) is 18.2 Å². The zero-order valence-electron chi connectivity index (χ0n) is 22.1. The van der Waals surface area contributed by atoms with E-state index in [1.54, 1.807) is 24.4 Å². The molecule has 1 aliphatic rings. The first-order valence-corrected chi connectivity index (χ1v) is 12.7. The van der Waals surface area contributed by atoms with Crippen molar-refractivity contribution < 1.29 is 22.6 Å². The van der Waals surface area contributed by atoms with Crippen LogP contribution in [-0.4, -0.2) is 70.1 Å². The Morgan fingerprint density at radius 3 is 2.45 bits per heavy atom. The molecule has 0 bridgehead atoms. The van der Waals surface area contributed by atoms with Crippen LogP contribution in [0.5, 0.6) is 11.8 Å². The molecule has 0 atom stereocenters. The van der Waals surface area contributed by atoms with Gasteiger partial charge in [0.2, 0.25) is 11.8 Å². The molecule has 0 amide bonds. The number of imidazole rings is 1. The van der Waals surface area contributed by atoms with Crippen molar-refractivity contribution in [1.82, 2.24) is 39.5 Å². The van der Waals surface area contributed by atoms with Crippen molar-refractivity contribution in [2.75, 3.05) is 7.11 Å². The average molecular weight is 564 g/mol. The Kier molecular flexibility index (Phi) is 6.86. The fraction of sp³-hybridized carbons (Fsp3) is 0.269. The molecule has 1 fully saturated rings. The van der Waals surface area contributed by atoms with Crippen molar-refractivity contribution in [3.63, 3.8) is 0 Å².